The Labute approximate surface area is 155 Å². The standard InChI is InChI=1S/C19H16ClN3OS/c1-2-10-21-19-23-17(12-25-19)13-6-8-16(9-7-13)22-18(24)14-4-3-5-15(20)11-14/h2-9,11-12H,1,10H2,(H,21,23)(H,22,24). The van der Waals surface area contributed by atoms with E-state index in [2.05, 4.69) is 22.2 Å². The van der Waals surface area contributed by atoms with Crippen LogP contribution in [0.25, 0.3) is 11.3 Å². The van der Waals surface area contributed by atoms with E-state index in [1.807, 2.05) is 29.6 Å². The number of carbonyl (C=O) groups is 1. The molecule has 1 heterocycles. The summed E-state index contributed by atoms with van der Waals surface area (Å²) >= 11 is 7.46. The molecule has 1 aromatic heterocycles. The number of halogens is 1. The fraction of sp³-hybridized carbons (Fsp3) is 0.0526. The molecular formula is C19H16ClN3OS. The Kier molecular flexibility index (Phi) is 5.48. The van der Waals surface area contributed by atoms with Gasteiger partial charge in [0.05, 0.1) is 5.69 Å². The van der Waals surface area contributed by atoms with Crippen LogP contribution in [0.1, 0.15) is 10.4 Å². The molecular weight excluding hydrogens is 354 g/mol. The highest BCUT2D eigenvalue weighted by Crippen LogP contribution is 2.26. The second-order valence-electron chi connectivity index (χ2n) is 5.25. The van der Waals surface area contributed by atoms with Crippen LogP contribution in [0.3, 0.4) is 0 Å². The summed E-state index contributed by atoms with van der Waals surface area (Å²) in [6.07, 6.45) is 1.79. The van der Waals surface area contributed by atoms with Gasteiger partial charge in [-0.1, -0.05) is 35.9 Å². The molecule has 25 heavy (non-hydrogen) atoms. The van der Waals surface area contributed by atoms with E-state index in [1.165, 1.54) is 0 Å². The average Bonchev–Trinajstić information content (AvgIpc) is 3.09. The molecule has 2 N–H and O–H groups in total. The molecule has 0 aliphatic heterocycles. The number of nitrogens with one attached hydrogen (secondary N) is 2. The number of rotatable bonds is 6. The highest BCUT2D eigenvalue weighted by Gasteiger charge is 2.08. The summed E-state index contributed by atoms with van der Waals surface area (Å²) in [5.41, 5.74) is 3.12. The number of thiazole rings is 1. The smallest absolute Gasteiger partial charge is 0.255 e. The molecule has 0 saturated heterocycles. The second-order valence-corrected chi connectivity index (χ2v) is 6.54. The molecule has 0 atom stereocenters. The minimum Gasteiger partial charge on any atom is -0.358 e. The monoisotopic (exact) mass is 369 g/mol. The molecule has 3 aromatic rings. The van der Waals surface area contributed by atoms with Gasteiger partial charge in [0.2, 0.25) is 0 Å². The predicted octanol–water partition coefficient (Wildman–Crippen LogP) is 5.31. The number of hydrogen-bond donors (Lipinski definition) is 2. The number of anilines is 2. The Balaban J connectivity index is 1.68. The van der Waals surface area contributed by atoms with Crippen LogP contribution in [0.15, 0.2) is 66.6 Å². The third kappa shape index (κ3) is 4.47. The molecule has 6 heteroatoms. The lowest BCUT2D eigenvalue weighted by Crippen LogP contribution is -2.11. The fourth-order valence-corrected chi connectivity index (χ4v) is 3.12. The highest BCUT2D eigenvalue weighted by molar-refractivity contribution is 7.14. The molecule has 0 aliphatic carbocycles. The summed E-state index contributed by atoms with van der Waals surface area (Å²) in [6.45, 7) is 4.36. The first-order chi connectivity index (χ1) is 12.2. The lowest BCUT2D eigenvalue weighted by atomic mass is 10.1. The Morgan fingerprint density at radius 2 is 2.04 bits per heavy atom. The minimum absolute atomic E-state index is 0.195. The van der Waals surface area contributed by atoms with Gasteiger partial charge in [-0.15, -0.1) is 17.9 Å². The topological polar surface area (TPSA) is 54.0 Å². The molecule has 3 rings (SSSR count). The Bertz CT molecular complexity index is 890. The van der Waals surface area contributed by atoms with E-state index in [4.69, 9.17) is 11.6 Å². The van der Waals surface area contributed by atoms with E-state index in [1.54, 1.807) is 41.7 Å². The molecule has 0 unspecified atom stereocenters. The zero-order chi connectivity index (χ0) is 17.6. The van der Waals surface area contributed by atoms with Crippen LogP contribution >= 0.6 is 22.9 Å². The van der Waals surface area contributed by atoms with Crippen LogP contribution in [0.2, 0.25) is 5.02 Å². The highest BCUT2D eigenvalue weighted by atomic mass is 35.5. The van der Waals surface area contributed by atoms with Crippen LogP contribution in [0.5, 0.6) is 0 Å². The van der Waals surface area contributed by atoms with Gasteiger partial charge in [0.25, 0.3) is 5.91 Å². The molecule has 0 radical (unpaired) electrons. The van der Waals surface area contributed by atoms with Gasteiger partial charge in [-0.2, -0.15) is 0 Å². The van der Waals surface area contributed by atoms with Crippen molar-refractivity contribution in [3.63, 3.8) is 0 Å². The predicted molar refractivity (Wildman–Crippen MR) is 106 cm³/mol. The van der Waals surface area contributed by atoms with E-state index in [-0.39, 0.29) is 5.91 Å². The van der Waals surface area contributed by atoms with Crippen LogP contribution in [-0.4, -0.2) is 17.4 Å². The summed E-state index contributed by atoms with van der Waals surface area (Å²) in [5, 5.41) is 9.41. The van der Waals surface area contributed by atoms with Gasteiger partial charge < -0.3 is 10.6 Å². The lowest BCUT2D eigenvalue weighted by Gasteiger charge is -2.06. The number of hydrogen-bond acceptors (Lipinski definition) is 4. The molecule has 1 amide bonds. The van der Waals surface area contributed by atoms with Crippen LogP contribution in [0, 0.1) is 0 Å². The molecule has 2 aromatic carbocycles. The minimum atomic E-state index is -0.195. The number of aromatic nitrogens is 1. The van der Waals surface area contributed by atoms with Gasteiger partial charge in [0.1, 0.15) is 0 Å². The quantitative estimate of drug-likeness (QED) is 0.578. The molecule has 0 spiro atoms. The third-order valence-electron chi connectivity index (χ3n) is 3.43. The SMILES string of the molecule is C=CCNc1nc(-c2ccc(NC(=O)c3cccc(Cl)c3)cc2)cs1. The second kappa shape index (κ2) is 7.96. The summed E-state index contributed by atoms with van der Waals surface area (Å²) < 4.78 is 0. The number of amides is 1. The maximum Gasteiger partial charge on any atom is 0.255 e. The number of benzene rings is 2. The molecule has 0 aliphatic rings. The Morgan fingerprint density at radius 1 is 1.24 bits per heavy atom. The number of carbonyl (C=O) groups excluding carboxylic acids is 1. The zero-order valence-corrected chi connectivity index (χ0v) is 14.9. The van der Waals surface area contributed by atoms with Crippen LogP contribution in [-0.2, 0) is 0 Å². The van der Waals surface area contributed by atoms with Crippen molar-refractivity contribution in [1.29, 1.82) is 0 Å². The first-order valence-electron chi connectivity index (χ1n) is 7.63. The molecule has 0 fully saturated rings. The van der Waals surface area contributed by atoms with Crippen molar-refractivity contribution in [3.8, 4) is 11.3 Å². The van der Waals surface area contributed by atoms with Gasteiger partial charge in [-0.3, -0.25) is 4.79 Å². The first-order valence-corrected chi connectivity index (χ1v) is 8.89. The normalized spacial score (nSPS) is 10.3. The Morgan fingerprint density at radius 3 is 2.76 bits per heavy atom. The summed E-state index contributed by atoms with van der Waals surface area (Å²) in [5.74, 6) is -0.195. The maximum absolute atomic E-state index is 12.2. The number of nitrogens with zero attached hydrogens (tertiary/aromatic N) is 1. The molecule has 0 bridgehead atoms. The average molecular weight is 370 g/mol. The van der Waals surface area contributed by atoms with E-state index in [9.17, 15) is 4.79 Å². The molecule has 4 nitrogen and oxygen atoms in total. The van der Waals surface area contributed by atoms with Crippen molar-refractivity contribution in [2.45, 2.75) is 0 Å². The van der Waals surface area contributed by atoms with Crippen molar-refractivity contribution in [2.75, 3.05) is 17.2 Å². The van der Waals surface area contributed by atoms with E-state index < -0.39 is 0 Å². The van der Waals surface area contributed by atoms with Crippen LogP contribution < -0.4 is 10.6 Å². The van der Waals surface area contributed by atoms with Crippen molar-refractivity contribution >= 4 is 39.7 Å². The lowest BCUT2D eigenvalue weighted by molar-refractivity contribution is 0.102. The van der Waals surface area contributed by atoms with Crippen molar-refractivity contribution in [1.82, 2.24) is 4.98 Å². The van der Waals surface area contributed by atoms with E-state index in [0.717, 1.165) is 16.4 Å². The zero-order valence-electron chi connectivity index (χ0n) is 13.3. The summed E-state index contributed by atoms with van der Waals surface area (Å²) in [6, 6.07) is 14.4. The molecule has 0 saturated carbocycles. The third-order valence-corrected chi connectivity index (χ3v) is 4.46. The van der Waals surface area contributed by atoms with Gasteiger partial charge in [0.15, 0.2) is 5.13 Å². The van der Waals surface area contributed by atoms with Crippen LogP contribution in [0.4, 0.5) is 10.8 Å². The van der Waals surface area contributed by atoms with E-state index >= 15 is 0 Å². The largest absolute Gasteiger partial charge is 0.358 e. The first kappa shape index (κ1) is 17.2. The maximum atomic E-state index is 12.2. The summed E-state index contributed by atoms with van der Waals surface area (Å²) in [4.78, 5) is 16.8. The van der Waals surface area contributed by atoms with E-state index in [0.29, 0.717) is 22.8 Å². The van der Waals surface area contributed by atoms with Crippen molar-refractivity contribution in [3.05, 3.63) is 77.2 Å². The van der Waals surface area contributed by atoms with Crippen molar-refractivity contribution < 1.29 is 4.79 Å². The fourth-order valence-electron chi connectivity index (χ4n) is 2.20. The van der Waals surface area contributed by atoms with Gasteiger partial charge >= 0.3 is 0 Å². The van der Waals surface area contributed by atoms with Gasteiger partial charge in [-0.25, -0.2) is 4.98 Å². The Hall–Kier alpha value is -2.63. The molecule has 126 valence electrons. The van der Waals surface area contributed by atoms with Gasteiger partial charge in [0, 0.05) is 33.8 Å². The van der Waals surface area contributed by atoms with Gasteiger partial charge in [-0.05, 0) is 30.3 Å². The summed E-state index contributed by atoms with van der Waals surface area (Å²) in [7, 11) is 0. The van der Waals surface area contributed by atoms with Crippen molar-refractivity contribution in [2.24, 2.45) is 0 Å².